The summed E-state index contributed by atoms with van der Waals surface area (Å²) < 4.78 is 33.4. The van der Waals surface area contributed by atoms with E-state index in [1.807, 2.05) is 37.8 Å². The van der Waals surface area contributed by atoms with Crippen LogP contribution in [-0.2, 0) is 21.2 Å². The lowest BCUT2D eigenvalue weighted by Crippen LogP contribution is -2.49. The van der Waals surface area contributed by atoms with Gasteiger partial charge in [0.2, 0.25) is 10.0 Å². The Morgan fingerprint density at radius 3 is 2.45 bits per heavy atom. The van der Waals surface area contributed by atoms with Gasteiger partial charge in [0.25, 0.3) is 0 Å². The minimum absolute atomic E-state index is 0.255. The fourth-order valence-electron chi connectivity index (χ4n) is 3.81. The fraction of sp³-hybridized carbons (Fsp3) is 0.476. The summed E-state index contributed by atoms with van der Waals surface area (Å²) >= 11 is 0. The first kappa shape index (κ1) is 21.5. The highest BCUT2D eigenvalue weighted by molar-refractivity contribution is 7.89. The number of fused-ring (bicyclic) bond motifs is 1. The second kappa shape index (κ2) is 8.08. The molecule has 0 spiro atoms. The van der Waals surface area contributed by atoms with Crippen molar-refractivity contribution in [3.05, 3.63) is 42.1 Å². The number of hydrogen-bond donors (Lipinski definition) is 0. The summed E-state index contributed by atoms with van der Waals surface area (Å²) in [6.07, 6.45) is 1.79. The molecule has 0 bridgehead atoms. The molecule has 1 aromatic carbocycles. The van der Waals surface area contributed by atoms with Crippen molar-refractivity contribution in [3.63, 3.8) is 0 Å². The third-order valence-electron chi connectivity index (χ3n) is 5.32. The van der Waals surface area contributed by atoms with Crippen LogP contribution in [0.2, 0.25) is 0 Å². The largest absolute Gasteiger partial charge is 0.443 e. The zero-order valence-electron chi connectivity index (χ0n) is 18.0. The summed E-state index contributed by atoms with van der Waals surface area (Å²) in [6.45, 7) is 7.79. The summed E-state index contributed by atoms with van der Waals surface area (Å²) in [7, 11) is -3.62. The van der Waals surface area contributed by atoms with E-state index < -0.39 is 21.7 Å². The van der Waals surface area contributed by atoms with Crippen LogP contribution < -0.4 is 9.80 Å². The van der Waals surface area contributed by atoms with Gasteiger partial charge in [-0.05, 0) is 63.1 Å². The Balaban J connectivity index is 1.47. The molecule has 9 nitrogen and oxygen atoms in total. The summed E-state index contributed by atoms with van der Waals surface area (Å²) in [5.41, 5.74) is 0.960. The van der Waals surface area contributed by atoms with Crippen molar-refractivity contribution in [1.29, 1.82) is 0 Å². The molecular formula is C21H27N5O4S. The normalized spacial score (nSPS) is 17.5. The molecule has 0 N–H and O–H groups in total. The molecule has 1 amide bonds. The average Bonchev–Trinajstić information content (AvgIpc) is 3.17. The second-order valence-corrected chi connectivity index (χ2v) is 10.6. The van der Waals surface area contributed by atoms with Crippen LogP contribution in [0.3, 0.4) is 0 Å². The van der Waals surface area contributed by atoms with E-state index in [-0.39, 0.29) is 4.90 Å². The molecule has 2 aliphatic rings. The van der Waals surface area contributed by atoms with E-state index in [1.54, 1.807) is 29.3 Å². The van der Waals surface area contributed by atoms with Crippen LogP contribution in [0.5, 0.6) is 0 Å². The SMILES string of the molecule is CC(C)(C)OC(=O)N1CCc2cc(S(=O)(=O)N3CCN(c4cccnn4)CC3)ccc21. The molecule has 2 aliphatic heterocycles. The Bertz CT molecular complexity index is 1060. The molecule has 0 aliphatic carbocycles. The van der Waals surface area contributed by atoms with Crippen molar-refractivity contribution < 1.29 is 17.9 Å². The van der Waals surface area contributed by atoms with Gasteiger partial charge in [0, 0.05) is 38.9 Å². The van der Waals surface area contributed by atoms with Gasteiger partial charge in [0.05, 0.1) is 10.6 Å². The van der Waals surface area contributed by atoms with Gasteiger partial charge in [-0.2, -0.15) is 9.40 Å². The first-order chi connectivity index (χ1) is 14.6. The van der Waals surface area contributed by atoms with Crippen LogP contribution in [0.4, 0.5) is 16.3 Å². The number of nitrogens with zero attached hydrogens (tertiary/aromatic N) is 5. The highest BCUT2D eigenvalue weighted by atomic mass is 32.2. The summed E-state index contributed by atoms with van der Waals surface area (Å²) in [5, 5.41) is 7.98. The number of ether oxygens (including phenoxy) is 1. The third-order valence-corrected chi connectivity index (χ3v) is 7.21. The number of piperazine rings is 1. The van der Waals surface area contributed by atoms with Crippen molar-refractivity contribution in [2.75, 3.05) is 42.5 Å². The number of rotatable bonds is 3. The first-order valence-corrected chi connectivity index (χ1v) is 11.8. The molecule has 0 unspecified atom stereocenters. The smallest absolute Gasteiger partial charge is 0.414 e. The molecule has 1 saturated heterocycles. The molecule has 0 radical (unpaired) electrons. The van der Waals surface area contributed by atoms with Crippen molar-refractivity contribution in [2.24, 2.45) is 0 Å². The van der Waals surface area contributed by atoms with Crippen LogP contribution in [0, 0.1) is 0 Å². The topological polar surface area (TPSA) is 95.9 Å². The van der Waals surface area contributed by atoms with E-state index in [2.05, 4.69) is 10.2 Å². The molecule has 0 saturated carbocycles. The minimum atomic E-state index is -3.62. The zero-order chi connectivity index (χ0) is 22.2. The lowest BCUT2D eigenvalue weighted by Gasteiger charge is -2.34. The van der Waals surface area contributed by atoms with Crippen molar-refractivity contribution in [3.8, 4) is 0 Å². The molecule has 4 rings (SSSR count). The first-order valence-electron chi connectivity index (χ1n) is 10.3. The van der Waals surface area contributed by atoms with E-state index in [0.29, 0.717) is 44.8 Å². The van der Waals surface area contributed by atoms with Crippen LogP contribution in [-0.4, -0.2) is 67.3 Å². The lowest BCUT2D eigenvalue weighted by atomic mass is 10.2. The van der Waals surface area contributed by atoms with Crippen LogP contribution >= 0.6 is 0 Å². The zero-order valence-corrected chi connectivity index (χ0v) is 18.8. The molecular weight excluding hydrogens is 418 g/mol. The van der Waals surface area contributed by atoms with Gasteiger partial charge >= 0.3 is 6.09 Å². The van der Waals surface area contributed by atoms with E-state index >= 15 is 0 Å². The van der Waals surface area contributed by atoms with E-state index in [4.69, 9.17) is 4.74 Å². The fourth-order valence-corrected chi connectivity index (χ4v) is 5.29. The van der Waals surface area contributed by atoms with Crippen molar-refractivity contribution >= 4 is 27.6 Å². The van der Waals surface area contributed by atoms with Crippen LogP contribution in [0.25, 0.3) is 0 Å². The van der Waals surface area contributed by atoms with Gasteiger partial charge in [-0.15, -0.1) is 5.10 Å². The predicted octanol–water partition coefficient (Wildman–Crippen LogP) is 2.29. The van der Waals surface area contributed by atoms with Gasteiger partial charge in [0.1, 0.15) is 5.60 Å². The molecule has 1 aromatic heterocycles. The molecule has 166 valence electrons. The molecule has 0 atom stereocenters. The van der Waals surface area contributed by atoms with Gasteiger partial charge in [-0.3, -0.25) is 4.90 Å². The van der Waals surface area contributed by atoms with E-state index in [1.165, 1.54) is 4.31 Å². The number of anilines is 2. The number of amides is 1. The number of hydrogen-bond acceptors (Lipinski definition) is 7. The molecule has 2 aromatic rings. The van der Waals surface area contributed by atoms with Crippen LogP contribution in [0.1, 0.15) is 26.3 Å². The van der Waals surface area contributed by atoms with Crippen LogP contribution in [0.15, 0.2) is 41.4 Å². The highest BCUT2D eigenvalue weighted by Gasteiger charge is 2.33. The molecule has 1 fully saturated rings. The Morgan fingerprint density at radius 2 is 1.81 bits per heavy atom. The lowest BCUT2D eigenvalue weighted by molar-refractivity contribution is 0.0584. The second-order valence-electron chi connectivity index (χ2n) is 8.65. The maximum Gasteiger partial charge on any atom is 0.414 e. The van der Waals surface area contributed by atoms with Gasteiger partial charge in [-0.1, -0.05) is 0 Å². The standard InChI is InChI=1S/C21H27N5O4S/c1-21(2,3)30-20(27)26-10-8-16-15-17(6-7-18(16)26)31(28,29)25-13-11-24(12-14-25)19-5-4-9-22-23-19/h4-7,9,15H,8,10-14H2,1-3H3. The Morgan fingerprint density at radius 1 is 1.06 bits per heavy atom. The van der Waals surface area contributed by atoms with Gasteiger partial charge in [-0.25, -0.2) is 13.2 Å². The number of sulfonamides is 1. The van der Waals surface area contributed by atoms with Crippen molar-refractivity contribution in [2.45, 2.75) is 37.7 Å². The third kappa shape index (κ3) is 4.49. The average molecular weight is 446 g/mol. The van der Waals surface area contributed by atoms with Gasteiger partial charge < -0.3 is 9.64 Å². The Kier molecular flexibility index (Phi) is 5.61. The number of carbonyl (C=O) groups excluding carboxylic acids is 1. The molecule has 3 heterocycles. The molecule has 10 heteroatoms. The number of aromatic nitrogens is 2. The van der Waals surface area contributed by atoms with E-state index in [9.17, 15) is 13.2 Å². The Hall–Kier alpha value is -2.72. The number of benzene rings is 1. The molecule has 31 heavy (non-hydrogen) atoms. The van der Waals surface area contributed by atoms with Crippen molar-refractivity contribution in [1.82, 2.24) is 14.5 Å². The van der Waals surface area contributed by atoms with E-state index in [0.717, 1.165) is 11.4 Å². The van der Waals surface area contributed by atoms with Gasteiger partial charge in [0.15, 0.2) is 5.82 Å². The minimum Gasteiger partial charge on any atom is -0.443 e. The number of carbonyl (C=O) groups is 1. The maximum absolute atomic E-state index is 13.2. The quantitative estimate of drug-likeness (QED) is 0.715. The maximum atomic E-state index is 13.2. The summed E-state index contributed by atoms with van der Waals surface area (Å²) in [6, 6.07) is 8.65. The monoisotopic (exact) mass is 445 g/mol. The Labute approximate surface area is 182 Å². The highest BCUT2D eigenvalue weighted by Crippen LogP contribution is 2.32. The predicted molar refractivity (Wildman–Crippen MR) is 117 cm³/mol. The summed E-state index contributed by atoms with van der Waals surface area (Å²) in [4.78, 5) is 16.3. The summed E-state index contributed by atoms with van der Waals surface area (Å²) in [5.74, 6) is 0.749.